The summed E-state index contributed by atoms with van der Waals surface area (Å²) < 4.78 is 19.1. The Morgan fingerprint density at radius 2 is 2.35 bits per heavy atom. The van der Waals surface area contributed by atoms with Crippen LogP contribution in [-0.4, -0.2) is 18.3 Å². The normalized spacial score (nSPS) is 21.4. The van der Waals surface area contributed by atoms with E-state index in [1.54, 1.807) is 18.2 Å². The second-order valence-electron chi connectivity index (χ2n) is 4.46. The number of thioether (sulfide) groups is 1. The fourth-order valence-corrected chi connectivity index (χ4v) is 3.21. The number of nitrogens with one attached hydrogen (secondary N) is 1. The fraction of sp³-hybridized carbons (Fsp3) is 0.267. The second-order valence-corrected chi connectivity index (χ2v) is 5.83. The van der Waals surface area contributed by atoms with Crippen molar-refractivity contribution in [3.05, 3.63) is 53.7 Å². The molecule has 0 bridgehead atoms. The summed E-state index contributed by atoms with van der Waals surface area (Å²) in [4.78, 5) is 12.4. The zero-order chi connectivity index (χ0) is 14.7. The first-order chi connectivity index (χ1) is 9.55. The second kappa shape index (κ2) is 6.13. The van der Waals surface area contributed by atoms with Gasteiger partial charge in [0.25, 0.3) is 0 Å². The molecule has 1 fully saturated rings. The molecule has 0 saturated carbocycles. The zero-order valence-corrected chi connectivity index (χ0v) is 12.0. The molecule has 0 aromatic heterocycles. The zero-order valence-electron chi connectivity index (χ0n) is 11.2. The summed E-state index contributed by atoms with van der Waals surface area (Å²) in [6, 6.07) is 4.14. The van der Waals surface area contributed by atoms with Gasteiger partial charge in [0.05, 0.1) is 13.2 Å². The van der Waals surface area contributed by atoms with E-state index >= 15 is 0 Å². The lowest BCUT2D eigenvalue weighted by Crippen LogP contribution is -2.22. The Kier molecular flexibility index (Phi) is 4.49. The predicted octanol–water partition coefficient (Wildman–Crippen LogP) is 3.20. The lowest BCUT2D eigenvalue weighted by molar-refractivity contribution is -0.119. The van der Waals surface area contributed by atoms with E-state index in [-0.39, 0.29) is 23.0 Å². The Morgan fingerprint density at radius 1 is 1.60 bits per heavy atom. The van der Waals surface area contributed by atoms with Gasteiger partial charge in [-0.3, -0.25) is 4.79 Å². The molecule has 1 N–H and O–H groups in total. The highest BCUT2D eigenvalue weighted by Gasteiger charge is 2.35. The van der Waals surface area contributed by atoms with E-state index in [0.29, 0.717) is 17.7 Å². The smallest absolute Gasteiger partial charge is 0.221 e. The van der Waals surface area contributed by atoms with Crippen LogP contribution in [-0.2, 0) is 4.79 Å². The van der Waals surface area contributed by atoms with Gasteiger partial charge in [0.1, 0.15) is 11.6 Å². The van der Waals surface area contributed by atoms with Crippen LogP contribution < -0.4 is 10.1 Å². The summed E-state index contributed by atoms with van der Waals surface area (Å²) in [6.07, 6.45) is 1.96. The first kappa shape index (κ1) is 14.7. The van der Waals surface area contributed by atoms with E-state index in [9.17, 15) is 9.18 Å². The molecule has 1 saturated heterocycles. The topological polar surface area (TPSA) is 38.3 Å². The number of ether oxygens (including phenoxy) is 1. The van der Waals surface area contributed by atoms with Gasteiger partial charge >= 0.3 is 0 Å². The molecule has 0 spiro atoms. The van der Waals surface area contributed by atoms with Crippen LogP contribution in [0.15, 0.2) is 42.3 Å². The van der Waals surface area contributed by atoms with Gasteiger partial charge in [-0.2, -0.15) is 0 Å². The van der Waals surface area contributed by atoms with Crippen molar-refractivity contribution in [2.75, 3.05) is 7.11 Å². The van der Waals surface area contributed by atoms with Crippen molar-refractivity contribution >= 4 is 17.7 Å². The Bertz CT molecular complexity index is 559. The van der Waals surface area contributed by atoms with Crippen LogP contribution in [0.2, 0.25) is 0 Å². The minimum Gasteiger partial charge on any atom is -0.497 e. The fourth-order valence-electron chi connectivity index (χ4n) is 2.14. The number of carbonyl (C=O) groups excluding carboxylic acids is 1. The summed E-state index contributed by atoms with van der Waals surface area (Å²) in [5, 5.41) is 2.71. The maximum Gasteiger partial charge on any atom is 0.221 e. The maximum atomic E-state index is 14.0. The molecule has 1 aliphatic rings. The van der Waals surface area contributed by atoms with E-state index in [1.165, 1.54) is 24.9 Å². The maximum absolute atomic E-state index is 14.0. The van der Waals surface area contributed by atoms with Gasteiger partial charge in [-0.05, 0) is 23.1 Å². The first-order valence-corrected chi connectivity index (χ1v) is 7.04. The highest BCUT2D eigenvalue weighted by Crippen LogP contribution is 2.38. The number of hydrogen-bond donors (Lipinski definition) is 1. The third-order valence-corrected chi connectivity index (χ3v) is 4.35. The molecule has 1 heterocycles. The molecule has 0 aliphatic carbocycles. The highest BCUT2D eigenvalue weighted by molar-refractivity contribution is 8.03. The Balaban J connectivity index is 2.31. The van der Waals surface area contributed by atoms with Crippen LogP contribution in [0.3, 0.4) is 0 Å². The van der Waals surface area contributed by atoms with Gasteiger partial charge in [0.15, 0.2) is 0 Å². The van der Waals surface area contributed by atoms with Gasteiger partial charge in [-0.1, -0.05) is 19.2 Å². The largest absolute Gasteiger partial charge is 0.497 e. The first-order valence-electron chi connectivity index (χ1n) is 6.16. The highest BCUT2D eigenvalue weighted by atomic mass is 32.2. The third-order valence-electron chi connectivity index (χ3n) is 3.14. The molecule has 2 rings (SSSR count). The molecule has 1 amide bonds. The molecule has 3 nitrogen and oxygen atoms in total. The van der Waals surface area contributed by atoms with Crippen LogP contribution in [0.25, 0.3) is 0 Å². The molecule has 1 aromatic rings. The number of amides is 1. The monoisotopic (exact) mass is 293 g/mol. The Labute approximate surface area is 121 Å². The summed E-state index contributed by atoms with van der Waals surface area (Å²) in [5.41, 5.74) is 0.435. The average molecular weight is 293 g/mol. The van der Waals surface area contributed by atoms with Crippen molar-refractivity contribution in [2.24, 2.45) is 0 Å². The molecular formula is C15H16FNO2S. The van der Waals surface area contributed by atoms with Gasteiger partial charge in [0.2, 0.25) is 5.91 Å². The van der Waals surface area contributed by atoms with Gasteiger partial charge in [0, 0.05) is 17.2 Å². The molecule has 5 heteroatoms. The number of rotatable bonds is 5. The van der Waals surface area contributed by atoms with E-state index in [1.807, 2.05) is 0 Å². The molecule has 20 heavy (non-hydrogen) atoms. The van der Waals surface area contributed by atoms with Crippen LogP contribution in [0.5, 0.6) is 5.75 Å². The van der Waals surface area contributed by atoms with Gasteiger partial charge in [-0.25, -0.2) is 4.39 Å². The Hall–Kier alpha value is -1.75. The van der Waals surface area contributed by atoms with Crippen LogP contribution in [0, 0.1) is 5.82 Å². The SMILES string of the molecule is C=CC(=C)SC1CC(=O)NC1c1cc(OC)ccc1F. The number of benzene rings is 1. The number of methoxy groups -OCH3 is 1. The van der Waals surface area contributed by atoms with Crippen molar-refractivity contribution in [3.8, 4) is 5.75 Å². The third kappa shape index (κ3) is 3.04. The number of allylic oxidation sites excluding steroid dienone is 1. The molecule has 2 atom stereocenters. The van der Waals surface area contributed by atoms with Crippen molar-refractivity contribution in [1.29, 1.82) is 0 Å². The number of carbonyl (C=O) groups is 1. The minimum absolute atomic E-state index is 0.0911. The average Bonchev–Trinajstić information content (AvgIpc) is 2.79. The summed E-state index contributed by atoms with van der Waals surface area (Å²) >= 11 is 1.43. The van der Waals surface area contributed by atoms with Crippen LogP contribution in [0.4, 0.5) is 4.39 Å². The van der Waals surface area contributed by atoms with Gasteiger partial charge in [-0.15, -0.1) is 11.8 Å². The summed E-state index contributed by atoms with van der Waals surface area (Å²) in [5.74, 6) is 0.119. The lowest BCUT2D eigenvalue weighted by Gasteiger charge is -2.20. The number of hydrogen-bond acceptors (Lipinski definition) is 3. The van der Waals surface area contributed by atoms with E-state index < -0.39 is 0 Å². The summed E-state index contributed by atoms with van der Waals surface area (Å²) in [7, 11) is 1.52. The van der Waals surface area contributed by atoms with Crippen molar-refractivity contribution < 1.29 is 13.9 Å². The minimum atomic E-state index is -0.390. The molecule has 1 aliphatic heterocycles. The van der Waals surface area contributed by atoms with Gasteiger partial charge < -0.3 is 10.1 Å². The van der Waals surface area contributed by atoms with E-state index in [2.05, 4.69) is 18.5 Å². The molecule has 106 valence electrons. The van der Waals surface area contributed by atoms with Crippen LogP contribution >= 0.6 is 11.8 Å². The van der Waals surface area contributed by atoms with Crippen molar-refractivity contribution in [2.45, 2.75) is 17.7 Å². The van der Waals surface area contributed by atoms with Crippen molar-refractivity contribution in [3.63, 3.8) is 0 Å². The van der Waals surface area contributed by atoms with Crippen LogP contribution in [0.1, 0.15) is 18.0 Å². The standard InChI is InChI=1S/C15H16FNO2S/c1-4-9(2)20-13-8-14(18)17-15(13)11-7-10(19-3)5-6-12(11)16/h4-7,13,15H,1-2,8H2,3H3,(H,17,18). The molecule has 2 unspecified atom stereocenters. The van der Waals surface area contributed by atoms with E-state index in [4.69, 9.17) is 4.74 Å². The quantitative estimate of drug-likeness (QED) is 0.847. The number of halogens is 1. The van der Waals surface area contributed by atoms with E-state index in [0.717, 1.165) is 4.91 Å². The molecule has 1 aromatic carbocycles. The lowest BCUT2D eigenvalue weighted by atomic mass is 10.0. The summed E-state index contributed by atoms with van der Waals surface area (Å²) in [6.45, 7) is 7.48. The Morgan fingerprint density at radius 3 is 3.00 bits per heavy atom. The predicted molar refractivity (Wildman–Crippen MR) is 79.2 cm³/mol. The van der Waals surface area contributed by atoms with Crippen molar-refractivity contribution in [1.82, 2.24) is 5.32 Å². The molecular weight excluding hydrogens is 277 g/mol. The molecule has 0 radical (unpaired) electrons.